The van der Waals surface area contributed by atoms with E-state index in [0.29, 0.717) is 39.7 Å². The van der Waals surface area contributed by atoms with Crippen LogP contribution in [0.5, 0.6) is 11.5 Å². The number of aromatic nitrogens is 1. The van der Waals surface area contributed by atoms with Crippen molar-refractivity contribution in [2.45, 2.75) is 6.92 Å². The zero-order valence-electron chi connectivity index (χ0n) is 14.1. The Kier molecular flexibility index (Phi) is 4.11. The van der Waals surface area contributed by atoms with Crippen molar-refractivity contribution in [2.24, 2.45) is 0 Å². The molecule has 5 heteroatoms. The second kappa shape index (κ2) is 6.72. The van der Waals surface area contributed by atoms with Crippen LogP contribution >= 0.6 is 0 Å². The van der Waals surface area contributed by atoms with E-state index in [4.69, 9.17) is 9.15 Å². The number of ether oxygens (including phenoxy) is 1. The Labute approximate surface area is 150 Å². The molecule has 0 unspecified atom stereocenters. The van der Waals surface area contributed by atoms with Crippen LogP contribution in [0.15, 0.2) is 77.2 Å². The molecule has 26 heavy (non-hydrogen) atoms. The van der Waals surface area contributed by atoms with Gasteiger partial charge in [-0.15, -0.1) is 0 Å². The highest BCUT2D eigenvalue weighted by molar-refractivity contribution is 6.06. The molecule has 0 fully saturated rings. The van der Waals surface area contributed by atoms with Crippen molar-refractivity contribution in [3.8, 4) is 11.5 Å². The SMILES string of the molecule is Cc1nc2cc(NC(=O)c3ccccc3Oc3ccccc3)ccc2o1. The first kappa shape index (κ1) is 15.9. The summed E-state index contributed by atoms with van der Waals surface area (Å²) >= 11 is 0. The summed E-state index contributed by atoms with van der Waals surface area (Å²) in [6.07, 6.45) is 0. The van der Waals surface area contributed by atoms with E-state index in [-0.39, 0.29) is 5.91 Å². The molecule has 1 amide bonds. The molecule has 0 radical (unpaired) electrons. The van der Waals surface area contributed by atoms with Gasteiger partial charge in [0.15, 0.2) is 11.5 Å². The first-order valence-electron chi connectivity index (χ1n) is 8.19. The number of nitrogens with zero attached hydrogens (tertiary/aromatic N) is 1. The highest BCUT2D eigenvalue weighted by Crippen LogP contribution is 2.26. The molecule has 0 bridgehead atoms. The van der Waals surface area contributed by atoms with E-state index in [1.165, 1.54) is 0 Å². The van der Waals surface area contributed by atoms with E-state index in [1.54, 1.807) is 43.3 Å². The fourth-order valence-electron chi connectivity index (χ4n) is 2.68. The standard InChI is InChI=1S/C21H16N2O3/c1-14-22-18-13-15(11-12-20(18)25-14)23-21(24)17-9-5-6-10-19(17)26-16-7-3-2-4-8-16/h2-13H,1H3,(H,23,24). The minimum Gasteiger partial charge on any atom is -0.457 e. The molecule has 4 rings (SSSR count). The molecule has 128 valence electrons. The van der Waals surface area contributed by atoms with Crippen molar-refractivity contribution < 1.29 is 13.9 Å². The van der Waals surface area contributed by atoms with Gasteiger partial charge in [0.05, 0.1) is 5.56 Å². The molecule has 0 aliphatic carbocycles. The number of hydrogen-bond acceptors (Lipinski definition) is 4. The van der Waals surface area contributed by atoms with Crippen LogP contribution in [0.4, 0.5) is 5.69 Å². The number of aryl methyl sites for hydroxylation is 1. The summed E-state index contributed by atoms with van der Waals surface area (Å²) in [4.78, 5) is 17.0. The number of hydrogen-bond donors (Lipinski definition) is 1. The maximum Gasteiger partial charge on any atom is 0.259 e. The molecule has 0 saturated carbocycles. The minimum atomic E-state index is -0.254. The number of para-hydroxylation sites is 2. The number of fused-ring (bicyclic) bond motifs is 1. The van der Waals surface area contributed by atoms with Crippen LogP contribution in [-0.4, -0.2) is 10.9 Å². The second-order valence-corrected chi connectivity index (χ2v) is 5.78. The fraction of sp³-hybridized carbons (Fsp3) is 0.0476. The first-order chi connectivity index (χ1) is 12.7. The Hall–Kier alpha value is -3.60. The molecule has 1 aromatic heterocycles. The molecule has 3 aromatic carbocycles. The Balaban J connectivity index is 1.59. The zero-order chi connectivity index (χ0) is 17.9. The van der Waals surface area contributed by atoms with E-state index >= 15 is 0 Å². The zero-order valence-corrected chi connectivity index (χ0v) is 14.1. The molecule has 4 aromatic rings. The fourth-order valence-corrected chi connectivity index (χ4v) is 2.68. The van der Waals surface area contributed by atoms with Gasteiger partial charge >= 0.3 is 0 Å². The summed E-state index contributed by atoms with van der Waals surface area (Å²) in [5, 5.41) is 2.89. The predicted octanol–water partition coefficient (Wildman–Crippen LogP) is 5.18. The molecule has 0 atom stereocenters. The lowest BCUT2D eigenvalue weighted by Gasteiger charge is -2.11. The number of anilines is 1. The Morgan fingerprint density at radius 2 is 1.77 bits per heavy atom. The molecule has 0 spiro atoms. The van der Waals surface area contributed by atoms with Crippen molar-refractivity contribution in [1.29, 1.82) is 0 Å². The Bertz CT molecular complexity index is 1070. The summed E-state index contributed by atoms with van der Waals surface area (Å²) in [6, 6.07) is 21.8. The smallest absolute Gasteiger partial charge is 0.259 e. The summed E-state index contributed by atoms with van der Waals surface area (Å²) in [7, 11) is 0. The number of oxazole rings is 1. The van der Waals surface area contributed by atoms with Crippen LogP contribution in [0, 0.1) is 6.92 Å². The summed E-state index contributed by atoms with van der Waals surface area (Å²) in [6.45, 7) is 1.79. The minimum absolute atomic E-state index is 0.254. The molecular weight excluding hydrogens is 328 g/mol. The van der Waals surface area contributed by atoms with Gasteiger partial charge in [0.1, 0.15) is 17.0 Å². The van der Waals surface area contributed by atoms with Crippen molar-refractivity contribution in [1.82, 2.24) is 4.98 Å². The van der Waals surface area contributed by atoms with E-state index in [9.17, 15) is 4.79 Å². The predicted molar refractivity (Wildman–Crippen MR) is 99.7 cm³/mol. The second-order valence-electron chi connectivity index (χ2n) is 5.78. The van der Waals surface area contributed by atoms with Crippen LogP contribution < -0.4 is 10.1 Å². The molecule has 5 nitrogen and oxygen atoms in total. The van der Waals surface area contributed by atoms with Gasteiger partial charge in [-0.25, -0.2) is 4.98 Å². The summed E-state index contributed by atoms with van der Waals surface area (Å²) in [5.74, 6) is 1.50. The molecule has 0 aliphatic heterocycles. The van der Waals surface area contributed by atoms with Gasteiger partial charge in [0.25, 0.3) is 5.91 Å². The topological polar surface area (TPSA) is 64.4 Å². The number of carbonyl (C=O) groups is 1. The first-order valence-corrected chi connectivity index (χ1v) is 8.19. The van der Waals surface area contributed by atoms with Gasteiger partial charge in [0, 0.05) is 12.6 Å². The van der Waals surface area contributed by atoms with Crippen LogP contribution in [0.2, 0.25) is 0 Å². The monoisotopic (exact) mass is 344 g/mol. The lowest BCUT2D eigenvalue weighted by molar-refractivity contribution is 0.102. The number of benzene rings is 3. The Morgan fingerprint density at radius 1 is 1.00 bits per heavy atom. The molecule has 1 N–H and O–H groups in total. The number of rotatable bonds is 4. The van der Waals surface area contributed by atoms with Gasteiger partial charge in [-0.2, -0.15) is 0 Å². The third-order valence-electron chi connectivity index (χ3n) is 3.86. The molecular formula is C21H16N2O3. The third kappa shape index (κ3) is 3.28. The van der Waals surface area contributed by atoms with Crippen molar-refractivity contribution in [2.75, 3.05) is 5.32 Å². The number of amides is 1. The van der Waals surface area contributed by atoms with E-state index in [0.717, 1.165) is 0 Å². The van der Waals surface area contributed by atoms with E-state index in [2.05, 4.69) is 10.3 Å². The molecule has 1 heterocycles. The van der Waals surface area contributed by atoms with E-state index in [1.807, 2.05) is 36.4 Å². The largest absolute Gasteiger partial charge is 0.457 e. The molecule has 0 aliphatic rings. The van der Waals surface area contributed by atoms with Crippen LogP contribution in [0.1, 0.15) is 16.2 Å². The highest BCUT2D eigenvalue weighted by atomic mass is 16.5. The van der Waals surface area contributed by atoms with Crippen LogP contribution in [0.25, 0.3) is 11.1 Å². The van der Waals surface area contributed by atoms with Crippen molar-refractivity contribution in [3.63, 3.8) is 0 Å². The maximum absolute atomic E-state index is 12.7. The summed E-state index contributed by atoms with van der Waals surface area (Å²) < 4.78 is 11.3. The third-order valence-corrected chi connectivity index (χ3v) is 3.86. The van der Waals surface area contributed by atoms with Crippen molar-refractivity contribution >= 4 is 22.7 Å². The quantitative estimate of drug-likeness (QED) is 0.554. The van der Waals surface area contributed by atoms with Crippen LogP contribution in [0.3, 0.4) is 0 Å². The van der Waals surface area contributed by atoms with Crippen LogP contribution in [-0.2, 0) is 0 Å². The van der Waals surface area contributed by atoms with Gasteiger partial charge in [-0.05, 0) is 42.5 Å². The average molecular weight is 344 g/mol. The number of carbonyl (C=O) groups excluding carboxylic acids is 1. The lowest BCUT2D eigenvalue weighted by atomic mass is 10.1. The van der Waals surface area contributed by atoms with E-state index < -0.39 is 0 Å². The summed E-state index contributed by atoms with van der Waals surface area (Å²) in [5.41, 5.74) is 2.49. The highest BCUT2D eigenvalue weighted by Gasteiger charge is 2.14. The van der Waals surface area contributed by atoms with Gasteiger partial charge in [-0.1, -0.05) is 30.3 Å². The van der Waals surface area contributed by atoms with Gasteiger partial charge in [-0.3, -0.25) is 4.79 Å². The lowest BCUT2D eigenvalue weighted by Crippen LogP contribution is -2.12. The normalized spacial score (nSPS) is 10.7. The Morgan fingerprint density at radius 3 is 2.62 bits per heavy atom. The molecule has 0 saturated heterocycles. The maximum atomic E-state index is 12.7. The van der Waals surface area contributed by atoms with Gasteiger partial charge in [0.2, 0.25) is 0 Å². The average Bonchev–Trinajstić information content (AvgIpc) is 3.02. The van der Waals surface area contributed by atoms with Gasteiger partial charge < -0.3 is 14.5 Å². The number of nitrogens with one attached hydrogen (secondary N) is 1. The van der Waals surface area contributed by atoms with Crippen molar-refractivity contribution in [3.05, 3.63) is 84.3 Å².